The highest BCUT2D eigenvalue weighted by Crippen LogP contribution is 2.16. The van der Waals surface area contributed by atoms with Gasteiger partial charge in [-0.15, -0.1) is 0 Å². The van der Waals surface area contributed by atoms with Crippen molar-refractivity contribution in [2.75, 3.05) is 14.1 Å². The number of nitrogens with zero attached hydrogens (tertiary/aromatic N) is 3. The zero-order chi connectivity index (χ0) is 14.4. The van der Waals surface area contributed by atoms with Crippen LogP contribution >= 0.6 is 0 Å². The monoisotopic (exact) mass is 263 g/mol. The van der Waals surface area contributed by atoms with E-state index >= 15 is 0 Å². The van der Waals surface area contributed by atoms with Crippen LogP contribution in [0, 0.1) is 18.8 Å². The first kappa shape index (κ1) is 13.8. The third-order valence-corrected chi connectivity index (χ3v) is 2.54. The number of aryl methyl sites for hydroxylation is 1. The molecule has 2 rings (SSSR count). The van der Waals surface area contributed by atoms with Crippen molar-refractivity contribution >= 4 is 12.0 Å². The summed E-state index contributed by atoms with van der Waals surface area (Å²) in [5, 5.41) is 0. The first-order chi connectivity index (χ1) is 9.65. The minimum absolute atomic E-state index is 0.701. The van der Waals surface area contributed by atoms with Crippen LogP contribution in [0.1, 0.15) is 17.0 Å². The molecule has 0 bridgehead atoms. The summed E-state index contributed by atoms with van der Waals surface area (Å²) in [6.45, 7) is 1.95. The molecule has 0 atom stereocenters. The number of aromatic nitrogens is 1. The minimum Gasteiger partial charge on any atom is -0.369 e. The molecular weight excluding hydrogens is 246 g/mol. The van der Waals surface area contributed by atoms with E-state index in [4.69, 9.17) is 0 Å². The number of hydrogen-bond donors (Lipinski definition) is 0. The van der Waals surface area contributed by atoms with Gasteiger partial charge in [-0.3, -0.25) is 0 Å². The van der Waals surface area contributed by atoms with Gasteiger partial charge >= 0.3 is 0 Å². The molecule has 1 aromatic carbocycles. The van der Waals surface area contributed by atoms with E-state index in [1.165, 1.54) is 0 Å². The van der Waals surface area contributed by atoms with Crippen LogP contribution in [-0.4, -0.2) is 30.3 Å². The van der Waals surface area contributed by atoms with Crippen molar-refractivity contribution < 1.29 is 0 Å². The van der Waals surface area contributed by atoms with Crippen molar-refractivity contribution in [2.45, 2.75) is 6.92 Å². The van der Waals surface area contributed by atoms with Crippen molar-refractivity contribution in [1.29, 1.82) is 0 Å². The van der Waals surface area contributed by atoms with Crippen LogP contribution in [0.2, 0.25) is 0 Å². The summed E-state index contributed by atoms with van der Waals surface area (Å²) in [6, 6.07) is 13.8. The lowest BCUT2D eigenvalue weighted by molar-refractivity contribution is 0.643. The van der Waals surface area contributed by atoms with Gasteiger partial charge in [0.25, 0.3) is 0 Å². The van der Waals surface area contributed by atoms with Crippen molar-refractivity contribution in [3.05, 3.63) is 59.4 Å². The van der Waals surface area contributed by atoms with E-state index in [-0.39, 0.29) is 0 Å². The van der Waals surface area contributed by atoms with Gasteiger partial charge in [0.1, 0.15) is 5.69 Å². The largest absolute Gasteiger partial charge is 0.369 e. The first-order valence-electron chi connectivity index (χ1n) is 6.40. The second kappa shape index (κ2) is 6.53. The summed E-state index contributed by atoms with van der Waals surface area (Å²) < 4.78 is 0. The van der Waals surface area contributed by atoms with Crippen molar-refractivity contribution in [1.82, 2.24) is 9.88 Å². The normalized spacial score (nSPS) is 10.2. The fourth-order valence-electron chi connectivity index (χ4n) is 1.58. The zero-order valence-corrected chi connectivity index (χ0v) is 12.0. The molecular formula is C17H17N3. The Hall–Kier alpha value is -2.60. The lowest BCUT2D eigenvalue weighted by Crippen LogP contribution is -2.07. The molecule has 0 radical (unpaired) electrons. The van der Waals surface area contributed by atoms with Gasteiger partial charge in [0.15, 0.2) is 0 Å². The van der Waals surface area contributed by atoms with Gasteiger partial charge in [-0.2, -0.15) is 0 Å². The van der Waals surface area contributed by atoms with Crippen molar-refractivity contribution in [3.8, 4) is 11.8 Å². The van der Waals surface area contributed by atoms with E-state index in [2.05, 4.69) is 21.8 Å². The van der Waals surface area contributed by atoms with Gasteiger partial charge in [-0.25, -0.2) is 9.98 Å². The topological polar surface area (TPSA) is 28.5 Å². The van der Waals surface area contributed by atoms with E-state index in [1.807, 2.05) is 68.4 Å². The molecule has 0 amide bonds. The molecule has 3 nitrogen and oxygen atoms in total. The predicted molar refractivity (Wildman–Crippen MR) is 83.2 cm³/mol. The van der Waals surface area contributed by atoms with Crippen LogP contribution in [0.4, 0.5) is 5.69 Å². The smallest absolute Gasteiger partial charge is 0.139 e. The summed E-state index contributed by atoms with van der Waals surface area (Å²) in [7, 11) is 3.86. The molecule has 0 fully saturated rings. The fraction of sp³-hybridized carbons (Fsp3) is 0.176. The van der Waals surface area contributed by atoms with Crippen molar-refractivity contribution in [3.63, 3.8) is 0 Å². The Morgan fingerprint density at radius 1 is 1.05 bits per heavy atom. The van der Waals surface area contributed by atoms with Gasteiger partial charge in [0.05, 0.1) is 12.0 Å². The standard InChI is InChI=1S/C17H17N3/c1-14-9-11-16(18-13-20(2)3)17(19-14)12-10-15-7-5-4-6-8-15/h4-9,11,13H,1-3H3. The van der Waals surface area contributed by atoms with Gasteiger partial charge in [0.2, 0.25) is 0 Å². The summed E-state index contributed by atoms with van der Waals surface area (Å²) in [4.78, 5) is 10.7. The molecule has 0 aliphatic rings. The van der Waals surface area contributed by atoms with E-state index in [0.717, 1.165) is 16.9 Å². The number of benzene rings is 1. The molecule has 0 N–H and O–H groups in total. The van der Waals surface area contributed by atoms with Gasteiger partial charge in [-0.1, -0.05) is 24.1 Å². The summed E-state index contributed by atoms with van der Waals surface area (Å²) >= 11 is 0. The first-order valence-corrected chi connectivity index (χ1v) is 6.40. The molecule has 2 aromatic rings. The Morgan fingerprint density at radius 3 is 2.50 bits per heavy atom. The summed E-state index contributed by atoms with van der Waals surface area (Å²) in [5.41, 5.74) is 3.39. The van der Waals surface area contributed by atoms with Crippen LogP contribution < -0.4 is 0 Å². The number of rotatable bonds is 2. The summed E-state index contributed by atoms with van der Waals surface area (Å²) in [5.74, 6) is 6.22. The molecule has 100 valence electrons. The maximum Gasteiger partial charge on any atom is 0.139 e. The zero-order valence-electron chi connectivity index (χ0n) is 12.0. The van der Waals surface area contributed by atoms with Crippen LogP contribution in [0.25, 0.3) is 0 Å². The molecule has 20 heavy (non-hydrogen) atoms. The third kappa shape index (κ3) is 3.96. The van der Waals surface area contributed by atoms with Crippen molar-refractivity contribution in [2.24, 2.45) is 4.99 Å². The van der Waals surface area contributed by atoms with Gasteiger partial charge in [0, 0.05) is 25.4 Å². The molecule has 0 aliphatic heterocycles. The highest BCUT2D eigenvalue weighted by Gasteiger charge is 2.00. The predicted octanol–water partition coefficient (Wildman–Crippen LogP) is 3.01. The molecule has 0 saturated carbocycles. The number of hydrogen-bond acceptors (Lipinski definition) is 2. The lowest BCUT2D eigenvalue weighted by Gasteiger charge is -2.04. The Balaban J connectivity index is 2.36. The van der Waals surface area contributed by atoms with Crippen LogP contribution in [0.15, 0.2) is 47.5 Å². The Morgan fingerprint density at radius 2 is 1.80 bits per heavy atom. The third-order valence-electron chi connectivity index (χ3n) is 2.54. The Bertz CT molecular complexity index is 662. The van der Waals surface area contributed by atoms with Crippen LogP contribution in [-0.2, 0) is 0 Å². The lowest BCUT2D eigenvalue weighted by atomic mass is 10.2. The SMILES string of the molecule is Cc1ccc(N=CN(C)C)c(C#Cc2ccccc2)n1. The summed E-state index contributed by atoms with van der Waals surface area (Å²) in [6.07, 6.45) is 1.75. The minimum atomic E-state index is 0.701. The number of aliphatic imine (C=N–C) groups is 1. The maximum atomic E-state index is 4.46. The van der Waals surface area contributed by atoms with Gasteiger partial charge < -0.3 is 4.90 Å². The fourth-order valence-corrected chi connectivity index (χ4v) is 1.58. The second-order valence-electron chi connectivity index (χ2n) is 4.64. The maximum absolute atomic E-state index is 4.46. The molecule has 0 spiro atoms. The molecule has 1 heterocycles. The quantitative estimate of drug-likeness (QED) is 0.473. The van der Waals surface area contributed by atoms with Crippen LogP contribution in [0.5, 0.6) is 0 Å². The van der Waals surface area contributed by atoms with E-state index < -0.39 is 0 Å². The van der Waals surface area contributed by atoms with Crippen LogP contribution in [0.3, 0.4) is 0 Å². The van der Waals surface area contributed by atoms with E-state index in [1.54, 1.807) is 6.34 Å². The van der Waals surface area contributed by atoms with E-state index in [0.29, 0.717) is 5.69 Å². The molecule has 3 heteroatoms. The second-order valence-corrected chi connectivity index (χ2v) is 4.64. The molecule has 0 saturated heterocycles. The average Bonchev–Trinajstić information content (AvgIpc) is 2.45. The van der Waals surface area contributed by atoms with E-state index in [9.17, 15) is 0 Å². The Kier molecular flexibility index (Phi) is 4.52. The Labute approximate surface area is 120 Å². The molecule has 1 aromatic heterocycles. The molecule has 0 unspecified atom stereocenters. The molecule has 0 aliphatic carbocycles. The van der Waals surface area contributed by atoms with Gasteiger partial charge in [-0.05, 0) is 37.1 Å². The highest BCUT2D eigenvalue weighted by molar-refractivity contribution is 5.64. The average molecular weight is 263 g/mol. The number of pyridine rings is 1. The highest BCUT2D eigenvalue weighted by atomic mass is 15.1.